The Kier molecular flexibility index (Phi) is 5.97. The molecule has 0 aromatic heterocycles. The lowest BCUT2D eigenvalue weighted by Crippen LogP contribution is -2.32. The monoisotopic (exact) mass is 242 g/mol. The second-order valence-corrected chi connectivity index (χ2v) is 4.54. The minimum atomic E-state index is -0.682. The highest BCUT2D eigenvalue weighted by molar-refractivity contribution is 5.75. The highest BCUT2D eigenvalue weighted by Gasteiger charge is 2.32. The molecule has 0 heterocycles. The van der Waals surface area contributed by atoms with Gasteiger partial charge >= 0.3 is 5.97 Å². The van der Waals surface area contributed by atoms with E-state index in [0.717, 1.165) is 19.3 Å². The van der Waals surface area contributed by atoms with E-state index in [-0.39, 0.29) is 17.7 Å². The number of hydrogen-bond acceptors (Lipinski definition) is 3. The molecule has 0 spiro atoms. The SMILES string of the molecule is CCNC(=O)CCNCC1CCCC1C(=O)O. The molecule has 3 N–H and O–H groups in total. The van der Waals surface area contributed by atoms with Crippen molar-refractivity contribution < 1.29 is 14.7 Å². The van der Waals surface area contributed by atoms with Crippen LogP contribution in [0.15, 0.2) is 0 Å². The van der Waals surface area contributed by atoms with Crippen LogP contribution in [0.25, 0.3) is 0 Å². The van der Waals surface area contributed by atoms with E-state index >= 15 is 0 Å². The third-order valence-electron chi connectivity index (χ3n) is 3.29. The molecule has 1 saturated carbocycles. The van der Waals surface area contributed by atoms with Crippen molar-refractivity contribution in [1.29, 1.82) is 0 Å². The fourth-order valence-corrected chi connectivity index (χ4v) is 2.38. The van der Waals surface area contributed by atoms with E-state index in [1.807, 2.05) is 6.92 Å². The number of aliphatic carboxylic acids is 1. The lowest BCUT2D eigenvalue weighted by Gasteiger charge is -2.16. The molecular weight excluding hydrogens is 220 g/mol. The first-order chi connectivity index (χ1) is 8.15. The highest BCUT2D eigenvalue weighted by atomic mass is 16.4. The Morgan fingerprint density at radius 1 is 1.35 bits per heavy atom. The average molecular weight is 242 g/mol. The van der Waals surface area contributed by atoms with Crippen LogP contribution >= 0.6 is 0 Å². The Hall–Kier alpha value is -1.10. The summed E-state index contributed by atoms with van der Waals surface area (Å²) in [5.74, 6) is -0.618. The third kappa shape index (κ3) is 4.73. The maximum Gasteiger partial charge on any atom is 0.306 e. The van der Waals surface area contributed by atoms with Crippen LogP contribution in [0.1, 0.15) is 32.6 Å². The summed E-state index contributed by atoms with van der Waals surface area (Å²) in [4.78, 5) is 22.1. The molecule has 2 unspecified atom stereocenters. The average Bonchev–Trinajstić information content (AvgIpc) is 2.73. The van der Waals surface area contributed by atoms with E-state index in [1.165, 1.54) is 0 Å². The third-order valence-corrected chi connectivity index (χ3v) is 3.29. The molecule has 5 heteroatoms. The van der Waals surface area contributed by atoms with Crippen LogP contribution in [0.4, 0.5) is 0 Å². The van der Waals surface area contributed by atoms with E-state index in [9.17, 15) is 9.59 Å². The second-order valence-electron chi connectivity index (χ2n) is 4.54. The molecule has 1 aliphatic carbocycles. The lowest BCUT2D eigenvalue weighted by atomic mass is 9.96. The van der Waals surface area contributed by atoms with Gasteiger partial charge in [0, 0.05) is 19.5 Å². The molecule has 0 radical (unpaired) electrons. The van der Waals surface area contributed by atoms with Crippen LogP contribution < -0.4 is 10.6 Å². The number of carboxylic acid groups (broad SMARTS) is 1. The van der Waals surface area contributed by atoms with Crippen molar-refractivity contribution in [3.8, 4) is 0 Å². The Morgan fingerprint density at radius 3 is 2.76 bits per heavy atom. The summed E-state index contributed by atoms with van der Waals surface area (Å²) in [5, 5.41) is 14.9. The van der Waals surface area contributed by atoms with Gasteiger partial charge in [0.2, 0.25) is 5.91 Å². The predicted octanol–water partition coefficient (Wildman–Crippen LogP) is 0.603. The lowest BCUT2D eigenvalue weighted by molar-refractivity contribution is -0.142. The van der Waals surface area contributed by atoms with Crippen LogP contribution in [-0.4, -0.2) is 36.6 Å². The van der Waals surface area contributed by atoms with Gasteiger partial charge < -0.3 is 15.7 Å². The molecule has 0 bridgehead atoms. The summed E-state index contributed by atoms with van der Waals surface area (Å²) < 4.78 is 0. The molecule has 0 aliphatic heterocycles. The fourth-order valence-electron chi connectivity index (χ4n) is 2.38. The zero-order valence-corrected chi connectivity index (χ0v) is 10.4. The standard InChI is InChI=1S/C12H22N2O3/c1-2-14-11(15)6-7-13-8-9-4-3-5-10(9)12(16)17/h9-10,13H,2-8H2,1H3,(H,14,15)(H,16,17). The summed E-state index contributed by atoms with van der Waals surface area (Å²) in [6.07, 6.45) is 3.22. The Balaban J connectivity index is 2.14. The van der Waals surface area contributed by atoms with Gasteiger partial charge in [-0.15, -0.1) is 0 Å². The minimum absolute atomic E-state index is 0.0428. The molecule has 0 aromatic carbocycles. The van der Waals surface area contributed by atoms with E-state index in [0.29, 0.717) is 26.1 Å². The van der Waals surface area contributed by atoms with Gasteiger partial charge in [-0.2, -0.15) is 0 Å². The number of carboxylic acids is 1. The molecule has 0 aromatic rings. The fraction of sp³-hybridized carbons (Fsp3) is 0.833. The van der Waals surface area contributed by atoms with Crippen LogP contribution in [0, 0.1) is 11.8 Å². The van der Waals surface area contributed by atoms with Crippen molar-refractivity contribution in [1.82, 2.24) is 10.6 Å². The van der Waals surface area contributed by atoms with Gasteiger partial charge in [-0.3, -0.25) is 9.59 Å². The van der Waals surface area contributed by atoms with Crippen molar-refractivity contribution >= 4 is 11.9 Å². The first-order valence-electron chi connectivity index (χ1n) is 6.35. The van der Waals surface area contributed by atoms with Gasteiger partial charge in [0.25, 0.3) is 0 Å². The Bertz CT molecular complexity index is 268. The number of hydrogen-bond donors (Lipinski definition) is 3. The summed E-state index contributed by atoms with van der Waals surface area (Å²) >= 11 is 0. The van der Waals surface area contributed by atoms with Gasteiger partial charge in [-0.25, -0.2) is 0 Å². The highest BCUT2D eigenvalue weighted by Crippen LogP contribution is 2.31. The Morgan fingerprint density at radius 2 is 2.12 bits per heavy atom. The predicted molar refractivity (Wildman–Crippen MR) is 64.6 cm³/mol. The largest absolute Gasteiger partial charge is 0.481 e. The molecule has 17 heavy (non-hydrogen) atoms. The first kappa shape index (κ1) is 14.0. The zero-order chi connectivity index (χ0) is 12.7. The van der Waals surface area contributed by atoms with Crippen molar-refractivity contribution in [3.63, 3.8) is 0 Å². The molecule has 0 saturated heterocycles. The zero-order valence-electron chi connectivity index (χ0n) is 10.4. The van der Waals surface area contributed by atoms with Crippen LogP contribution in [0.3, 0.4) is 0 Å². The summed E-state index contributed by atoms with van der Waals surface area (Å²) in [6.45, 7) is 3.87. The molecule has 2 atom stereocenters. The quantitative estimate of drug-likeness (QED) is 0.571. The summed E-state index contributed by atoms with van der Waals surface area (Å²) in [5.41, 5.74) is 0. The number of carbonyl (C=O) groups excluding carboxylic acids is 1. The minimum Gasteiger partial charge on any atom is -0.481 e. The molecule has 1 amide bonds. The molecular formula is C12H22N2O3. The van der Waals surface area contributed by atoms with Gasteiger partial charge in [0.1, 0.15) is 0 Å². The normalized spacial score (nSPS) is 23.6. The van der Waals surface area contributed by atoms with Crippen molar-refractivity contribution in [3.05, 3.63) is 0 Å². The Labute approximate surface area is 102 Å². The van der Waals surface area contributed by atoms with Crippen molar-refractivity contribution in [2.75, 3.05) is 19.6 Å². The molecule has 1 rings (SSSR count). The first-order valence-corrected chi connectivity index (χ1v) is 6.35. The van der Waals surface area contributed by atoms with Crippen LogP contribution in [0.2, 0.25) is 0 Å². The molecule has 98 valence electrons. The van der Waals surface area contributed by atoms with Gasteiger partial charge in [0.05, 0.1) is 5.92 Å². The summed E-state index contributed by atoms with van der Waals surface area (Å²) in [6, 6.07) is 0. The van der Waals surface area contributed by atoms with E-state index in [2.05, 4.69) is 10.6 Å². The van der Waals surface area contributed by atoms with E-state index < -0.39 is 5.97 Å². The van der Waals surface area contributed by atoms with E-state index in [4.69, 9.17) is 5.11 Å². The van der Waals surface area contributed by atoms with Crippen LogP contribution in [-0.2, 0) is 9.59 Å². The molecule has 1 aliphatic rings. The van der Waals surface area contributed by atoms with Gasteiger partial charge in [-0.05, 0) is 32.2 Å². The smallest absolute Gasteiger partial charge is 0.306 e. The van der Waals surface area contributed by atoms with Gasteiger partial charge in [0.15, 0.2) is 0 Å². The molecule has 1 fully saturated rings. The van der Waals surface area contributed by atoms with Crippen LogP contribution in [0.5, 0.6) is 0 Å². The summed E-state index contributed by atoms with van der Waals surface area (Å²) in [7, 11) is 0. The number of nitrogens with one attached hydrogen (secondary N) is 2. The topological polar surface area (TPSA) is 78.4 Å². The maximum atomic E-state index is 11.2. The second kappa shape index (κ2) is 7.27. The number of amides is 1. The number of rotatable bonds is 7. The van der Waals surface area contributed by atoms with Crippen molar-refractivity contribution in [2.45, 2.75) is 32.6 Å². The van der Waals surface area contributed by atoms with Crippen molar-refractivity contribution in [2.24, 2.45) is 11.8 Å². The maximum absolute atomic E-state index is 11.2. The molecule has 5 nitrogen and oxygen atoms in total. The van der Waals surface area contributed by atoms with E-state index in [1.54, 1.807) is 0 Å². The number of carbonyl (C=O) groups is 2. The van der Waals surface area contributed by atoms with Gasteiger partial charge in [-0.1, -0.05) is 6.42 Å².